The summed E-state index contributed by atoms with van der Waals surface area (Å²) in [6.07, 6.45) is 8.48. The molecule has 0 atom stereocenters. The van der Waals surface area contributed by atoms with Crippen LogP contribution in [0.4, 0.5) is 26.3 Å². The molecule has 253 valence electrons. The van der Waals surface area contributed by atoms with Crippen molar-refractivity contribution in [3.8, 4) is 0 Å². The van der Waals surface area contributed by atoms with Crippen LogP contribution >= 0.6 is 0 Å². The Hall–Kier alpha value is -2.75. The van der Waals surface area contributed by atoms with Gasteiger partial charge in [0.05, 0.1) is 0 Å². The fraction of sp³-hybridized carbons (Fsp3) is 0.348. The first-order valence-electron chi connectivity index (χ1n) is 11.4. The van der Waals surface area contributed by atoms with Gasteiger partial charge in [-0.1, -0.05) is 18.2 Å². The largest absolute Gasteiger partial charge is 2.00 e. The molecule has 0 spiro atoms. The van der Waals surface area contributed by atoms with Crippen LogP contribution in [0.2, 0.25) is 0 Å². The third kappa shape index (κ3) is 19.5. The second kappa shape index (κ2) is 21.1. The normalized spacial score (nSPS) is 11.3. The van der Waals surface area contributed by atoms with Gasteiger partial charge in [0.1, 0.15) is 0 Å². The minimum Gasteiger partial charge on any atom is -0.741 e. The van der Waals surface area contributed by atoms with Crippen molar-refractivity contribution in [3.05, 3.63) is 90.3 Å². The Labute approximate surface area is 260 Å². The van der Waals surface area contributed by atoms with Gasteiger partial charge in [0.25, 0.3) is 0 Å². The van der Waals surface area contributed by atoms with E-state index in [0.29, 0.717) is 0 Å². The van der Waals surface area contributed by atoms with Crippen molar-refractivity contribution in [2.75, 3.05) is 19.6 Å². The predicted octanol–water partition coefficient (Wildman–Crippen LogP) is 1.56. The molecule has 3 rings (SSSR count). The zero-order valence-electron chi connectivity index (χ0n) is 22.4. The van der Waals surface area contributed by atoms with Crippen LogP contribution in [0.25, 0.3) is 0 Å². The molecule has 0 aliphatic rings. The van der Waals surface area contributed by atoms with Gasteiger partial charge in [-0.05, 0) is 36.4 Å². The number of halogens is 6. The van der Waals surface area contributed by atoms with E-state index in [9.17, 15) is 26.3 Å². The smallest absolute Gasteiger partial charge is 0.741 e. The molecule has 3 aromatic heterocycles. The second-order valence-electron chi connectivity index (χ2n) is 7.85. The van der Waals surface area contributed by atoms with E-state index in [2.05, 4.69) is 56.3 Å². The Morgan fingerprint density at radius 3 is 0.977 bits per heavy atom. The van der Waals surface area contributed by atoms with Crippen molar-refractivity contribution in [2.24, 2.45) is 0 Å². The molecule has 21 heteroatoms. The van der Waals surface area contributed by atoms with E-state index in [1.807, 2.05) is 36.8 Å². The fourth-order valence-corrected chi connectivity index (χ4v) is 2.79. The molecule has 3 heterocycles. The van der Waals surface area contributed by atoms with Crippen LogP contribution < -0.4 is 0 Å². The Balaban J connectivity index is -0.000000742. The number of aromatic nitrogens is 3. The summed E-state index contributed by atoms with van der Waals surface area (Å²) < 4.78 is 118. The summed E-state index contributed by atoms with van der Waals surface area (Å²) in [7, 11) is -12.2. The van der Waals surface area contributed by atoms with Gasteiger partial charge >= 0.3 is 28.1 Å². The van der Waals surface area contributed by atoms with Gasteiger partial charge in [-0.2, -0.15) is 26.3 Å². The van der Waals surface area contributed by atoms with Gasteiger partial charge in [-0.15, -0.1) is 0 Å². The van der Waals surface area contributed by atoms with Crippen molar-refractivity contribution >= 4 is 20.2 Å². The Morgan fingerprint density at radius 2 is 0.818 bits per heavy atom. The van der Waals surface area contributed by atoms with Crippen LogP contribution in [0.5, 0.6) is 0 Å². The van der Waals surface area contributed by atoms with E-state index < -0.39 is 31.3 Å². The second-order valence-corrected chi connectivity index (χ2v) is 10.6. The quantitative estimate of drug-likeness (QED) is 0.102. The maximum absolute atomic E-state index is 10.7. The molecule has 0 saturated heterocycles. The zero-order chi connectivity index (χ0) is 31.2. The SMILES string of the molecule is O.O=S(=O)([O-])C(F)(F)F.O=S(=O)([O-])C(F)(F)F.[Cu+2].[OH3+].c1ccc(CCN(CCc2ccccn2)CCc2ccccn2)nc1. The molecule has 1 radical (unpaired) electrons. The molecule has 44 heavy (non-hydrogen) atoms. The van der Waals surface area contributed by atoms with E-state index in [1.54, 1.807) is 0 Å². The van der Waals surface area contributed by atoms with Gasteiger partial charge in [-0.3, -0.25) is 15.0 Å². The molecular formula is C23H29CuF6N4O8S2+. The maximum Gasteiger partial charge on any atom is 2.00 e. The molecule has 0 unspecified atom stereocenters. The third-order valence-electron chi connectivity index (χ3n) is 4.80. The van der Waals surface area contributed by atoms with Crippen LogP contribution in [0.15, 0.2) is 73.2 Å². The number of alkyl halides is 6. The topological polar surface area (TPSA) is 221 Å². The Morgan fingerprint density at radius 1 is 0.591 bits per heavy atom. The van der Waals surface area contributed by atoms with Gasteiger partial charge < -0.3 is 25.0 Å². The summed E-state index contributed by atoms with van der Waals surface area (Å²) in [6.45, 7) is 2.99. The van der Waals surface area contributed by atoms with Crippen molar-refractivity contribution in [3.63, 3.8) is 0 Å². The zero-order valence-corrected chi connectivity index (χ0v) is 24.9. The molecule has 0 aliphatic heterocycles. The average molecular weight is 731 g/mol. The van der Waals surface area contributed by atoms with Crippen LogP contribution in [-0.4, -0.2) is 81.9 Å². The number of hydrogen-bond donors (Lipinski definition) is 0. The minimum atomic E-state index is -6.09. The minimum absolute atomic E-state index is 0. The van der Waals surface area contributed by atoms with Gasteiger partial charge in [0, 0.05) is 74.6 Å². The summed E-state index contributed by atoms with van der Waals surface area (Å²) in [5, 5.41) is 0. The number of nitrogens with zero attached hydrogens (tertiary/aromatic N) is 4. The van der Waals surface area contributed by atoms with Crippen molar-refractivity contribution in [1.82, 2.24) is 19.9 Å². The van der Waals surface area contributed by atoms with E-state index >= 15 is 0 Å². The molecule has 0 aliphatic carbocycles. The van der Waals surface area contributed by atoms with Crippen LogP contribution in [0.3, 0.4) is 0 Å². The first-order chi connectivity index (χ1) is 18.9. The molecule has 12 nitrogen and oxygen atoms in total. The molecule has 0 fully saturated rings. The molecule has 3 aromatic rings. The molecule has 0 amide bonds. The molecule has 5 N–H and O–H groups in total. The van der Waals surface area contributed by atoms with E-state index in [4.69, 9.17) is 25.9 Å². The van der Waals surface area contributed by atoms with E-state index in [1.165, 1.54) is 0 Å². The van der Waals surface area contributed by atoms with Crippen molar-refractivity contribution < 1.29 is 80.3 Å². The number of pyridine rings is 3. The van der Waals surface area contributed by atoms with Gasteiger partial charge in [0.15, 0.2) is 20.2 Å². The summed E-state index contributed by atoms with van der Waals surface area (Å²) >= 11 is 0. The summed E-state index contributed by atoms with van der Waals surface area (Å²) in [4.78, 5) is 15.8. The fourth-order valence-electron chi connectivity index (χ4n) is 2.79. The van der Waals surface area contributed by atoms with E-state index in [-0.39, 0.29) is 28.0 Å². The molecule has 0 aromatic carbocycles. The van der Waals surface area contributed by atoms with Gasteiger partial charge in [-0.25, -0.2) is 16.8 Å². The van der Waals surface area contributed by atoms with Crippen molar-refractivity contribution in [2.45, 2.75) is 30.3 Å². The standard InChI is InChI=1S/C21H24N4.2CHF3O3S.Cu.2H2O/c1-4-13-22-19(7-1)10-16-25(17-11-20-8-2-5-14-23-20)18-12-21-9-3-6-15-24-21;2*2-1(3,4)8(5,6)7;;;/h1-9,13-15H,10-12,16-18H2;2*(H,5,6,7);;2*1H2/q;;;+2;;/p-1. The summed E-state index contributed by atoms with van der Waals surface area (Å²) in [5.41, 5.74) is -7.87. The van der Waals surface area contributed by atoms with E-state index in [0.717, 1.165) is 56.0 Å². The summed E-state index contributed by atoms with van der Waals surface area (Å²) in [6, 6.07) is 18.3. The third-order valence-corrected chi connectivity index (χ3v) is 5.93. The summed E-state index contributed by atoms with van der Waals surface area (Å²) in [5.74, 6) is 0. The molecule has 0 bridgehead atoms. The van der Waals surface area contributed by atoms with Crippen molar-refractivity contribution in [1.29, 1.82) is 0 Å². The van der Waals surface area contributed by atoms with Gasteiger partial charge in [0.2, 0.25) is 0 Å². The number of hydrogen-bond acceptors (Lipinski definition) is 10. The van der Waals surface area contributed by atoms with Crippen LogP contribution in [-0.2, 0) is 62.0 Å². The maximum atomic E-state index is 10.7. The van der Waals surface area contributed by atoms with Crippen LogP contribution in [0, 0.1) is 0 Å². The van der Waals surface area contributed by atoms with Crippen LogP contribution in [0.1, 0.15) is 17.1 Å². The number of rotatable bonds is 9. The average Bonchev–Trinajstić information content (AvgIpc) is 2.88. The predicted molar refractivity (Wildman–Crippen MR) is 140 cm³/mol. The first-order valence-corrected chi connectivity index (χ1v) is 14.2. The molecule has 0 saturated carbocycles. The monoisotopic (exact) mass is 730 g/mol. The Kier molecular flexibility index (Phi) is 21.9. The Bertz CT molecular complexity index is 1230. The first kappa shape index (κ1) is 45.7. The molecular weight excluding hydrogens is 702 g/mol.